The molecule has 0 aromatic rings. The van der Waals surface area contributed by atoms with E-state index in [-0.39, 0.29) is 17.0 Å². The third-order valence-corrected chi connectivity index (χ3v) is 6.83. The number of hydrogen-bond acceptors (Lipinski definition) is 5. The van der Waals surface area contributed by atoms with Gasteiger partial charge in [-0.15, -0.1) is 0 Å². The smallest absolute Gasteiger partial charge is 0.306 e. The SMILES string of the molecule is COC(=O)CC1(CSC2CCOC3(CCOCC3)C2)CC1. The molecule has 1 unspecified atom stereocenters. The molecule has 1 spiro atoms. The van der Waals surface area contributed by atoms with Crippen molar-refractivity contribution in [3.8, 4) is 0 Å². The number of ether oxygens (including phenoxy) is 3. The fourth-order valence-corrected chi connectivity index (χ4v) is 5.10. The maximum atomic E-state index is 11.5. The maximum absolute atomic E-state index is 11.5. The normalized spacial score (nSPS) is 30.0. The summed E-state index contributed by atoms with van der Waals surface area (Å²) in [5.41, 5.74) is 0.312. The molecule has 2 saturated heterocycles. The van der Waals surface area contributed by atoms with Gasteiger partial charge in [0.25, 0.3) is 0 Å². The Labute approximate surface area is 131 Å². The summed E-state index contributed by atoms with van der Waals surface area (Å²) >= 11 is 2.06. The molecule has 120 valence electrons. The molecule has 5 heteroatoms. The molecule has 3 aliphatic rings. The van der Waals surface area contributed by atoms with Gasteiger partial charge < -0.3 is 14.2 Å². The van der Waals surface area contributed by atoms with E-state index in [4.69, 9.17) is 14.2 Å². The zero-order valence-electron chi connectivity index (χ0n) is 12.9. The van der Waals surface area contributed by atoms with Crippen molar-refractivity contribution in [1.29, 1.82) is 0 Å². The van der Waals surface area contributed by atoms with Gasteiger partial charge in [0, 0.05) is 25.1 Å². The Balaban J connectivity index is 1.48. The van der Waals surface area contributed by atoms with E-state index in [2.05, 4.69) is 11.8 Å². The molecule has 2 aliphatic heterocycles. The minimum absolute atomic E-state index is 0.0547. The quantitative estimate of drug-likeness (QED) is 0.730. The summed E-state index contributed by atoms with van der Waals surface area (Å²) in [4.78, 5) is 11.5. The number of carbonyl (C=O) groups is 1. The summed E-state index contributed by atoms with van der Waals surface area (Å²) < 4.78 is 16.4. The lowest BCUT2D eigenvalue weighted by Crippen LogP contribution is -2.45. The van der Waals surface area contributed by atoms with Gasteiger partial charge in [-0.3, -0.25) is 4.79 Å². The minimum atomic E-state index is -0.0547. The molecule has 0 aromatic heterocycles. The molecular formula is C16H26O4S. The molecule has 1 saturated carbocycles. The van der Waals surface area contributed by atoms with Gasteiger partial charge in [-0.05, 0) is 49.7 Å². The Kier molecular flexibility index (Phi) is 4.81. The highest BCUT2D eigenvalue weighted by molar-refractivity contribution is 7.99. The first-order chi connectivity index (χ1) is 10.2. The van der Waals surface area contributed by atoms with E-state index in [1.54, 1.807) is 0 Å². The van der Waals surface area contributed by atoms with Crippen LogP contribution in [0.25, 0.3) is 0 Å². The van der Waals surface area contributed by atoms with Crippen molar-refractivity contribution in [2.45, 2.75) is 55.8 Å². The summed E-state index contributed by atoms with van der Waals surface area (Å²) in [5.74, 6) is 1.04. The van der Waals surface area contributed by atoms with Crippen LogP contribution < -0.4 is 0 Å². The summed E-state index contributed by atoms with van der Waals surface area (Å²) in [6, 6.07) is 0. The van der Waals surface area contributed by atoms with Crippen LogP contribution >= 0.6 is 11.8 Å². The lowest BCUT2D eigenvalue weighted by atomic mass is 9.86. The second kappa shape index (κ2) is 6.47. The molecule has 0 bridgehead atoms. The highest BCUT2D eigenvalue weighted by Gasteiger charge is 2.46. The largest absolute Gasteiger partial charge is 0.469 e. The summed E-state index contributed by atoms with van der Waals surface area (Å²) in [6.45, 7) is 2.55. The van der Waals surface area contributed by atoms with Crippen LogP contribution in [0.1, 0.15) is 44.9 Å². The third-order valence-electron chi connectivity index (χ3n) is 5.18. The molecule has 0 aromatic carbocycles. The van der Waals surface area contributed by atoms with Crippen molar-refractivity contribution in [2.24, 2.45) is 5.41 Å². The molecule has 4 nitrogen and oxygen atoms in total. The summed E-state index contributed by atoms with van der Waals surface area (Å²) in [6.07, 6.45) is 7.32. The van der Waals surface area contributed by atoms with Gasteiger partial charge in [0.1, 0.15) is 0 Å². The summed E-state index contributed by atoms with van der Waals surface area (Å²) in [5, 5.41) is 0.673. The first kappa shape index (κ1) is 15.6. The summed E-state index contributed by atoms with van der Waals surface area (Å²) in [7, 11) is 1.49. The highest BCUT2D eigenvalue weighted by Crippen LogP contribution is 2.52. The van der Waals surface area contributed by atoms with Crippen LogP contribution in [0, 0.1) is 5.41 Å². The Morgan fingerprint density at radius 1 is 1.24 bits per heavy atom. The monoisotopic (exact) mass is 314 g/mol. The molecule has 2 heterocycles. The van der Waals surface area contributed by atoms with Crippen molar-refractivity contribution >= 4 is 17.7 Å². The Morgan fingerprint density at radius 2 is 2.00 bits per heavy atom. The number of rotatable bonds is 5. The van der Waals surface area contributed by atoms with Gasteiger partial charge >= 0.3 is 5.97 Å². The predicted molar refractivity (Wildman–Crippen MR) is 82.5 cm³/mol. The van der Waals surface area contributed by atoms with Crippen LogP contribution in [0.5, 0.6) is 0 Å². The van der Waals surface area contributed by atoms with Gasteiger partial charge in [0.05, 0.1) is 19.1 Å². The first-order valence-corrected chi connectivity index (χ1v) is 9.10. The van der Waals surface area contributed by atoms with Crippen molar-refractivity contribution < 1.29 is 19.0 Å². The first-order valence-electron chi connectivity index (χ1n) is 8.06. The fourth-order valence-electron chi connectivity index (χ4n) is 3.44. The van der Waals surface area contributed by atoms with E-state index in [1.165, 1.54) is 20.0 Å². The highest BCUT2D eigenvalue weighted by atomic mass is 32.2. The molecule has 21 heavy (non-hydrogen) atoms. The van der Waals surface area contributed by atoms with Gasteiger partial charge in [-0.25, -0.2) is 0 Å². The Morgan fingerprint density at radius 3 is 2.67 bits per heavy atom. The Bertz CT molecular complexity index is 369. The van der Waals surface area contributed by atoms with E-state index in [0.717, 1.165) is 51.3 Å². The predicted octanol–water partition coefficient (Wildman–Crippen LogP) is 2.79. The molecule has 0 amide bonds. The number of thioether (sulfide) groups is 1. The van der Waals surface area contributed by atoms with Crippen LogP contribution in [-0.4, -0.2) is 49.5 Å². The van der Waals surface area contributed by atoms with E-state index in [1.807, 2.05) is 0 Å². The van der Waals surface area contributed by atoms with Crippen molar-refractivity contribution in [1.82, 2.24) is 0 Å². The number of esters is 1. The molecule has 1 atom stereocenters. The molecule has 1 aliphatic carbocycles. The van der Waals surface area contributed by atoms with E-state index in [9.17, 15) is 4.79 Å². The second-order valence-electron chi connectivity index (χ2n) is 6.82. The van der Waals surface area contributed by atoms with Crippen molar-refractivity contribution in [3.63, 3.8) is 0 Å². The molecule has 3 fully saturated rings. The van der Waals surface area contributed by atoms with Gasteiger partial charge in [0.2, 0.25) is 0 Å². The van der Waals surface area contributed by atoms with Gasteiger partial charge in [0.15, 0.2) is 0 Å². The molecular weight excluding hydrogens is 288 g/mol. The van der Waals surface area contributed by atoms with Crippen molar-refractivity contribution in [3.05, 3.63) is 0 Å². The van der Waals surface area contributed by atoms with Crippen LogP contribution in [0.2, 0.25) is 0 Å². The number of carbonyl (C=O) groups excluding carboxylic acids is 1. The Hall–Kier alpha value is -0.260. The lowest BCUT2D eigenvalue weighted by molar-refractivity contribution is -0.141. The third kappa shape index (κ3) is 3.93. The zero-order chi connectivity index (χ0) is 14.8. The molecule has 0 radical (unpaired) electrons. The number of hydrogen-bond donors (Lipinski definition) is 0. The fraction of sp³-hybridized carbons (Fsp3) is 0.938. The second-order valence-corrected chi connectivity index (χ2v) is 8.11. The molecule has 0 N–H and O–H groups in total. The minimum Gasteiger partial charge on any atom is -0.469 e. The van der Waals surface area contributed by atoms with Crippen LogP contribution in [0.3, 0.4) is 0 Å². The van der Waals surface area contributed by atoms with Gasteiger partial charge in [-0.2, -0.15) is 11.8 Å². The lowest BCUT2D eigenvalue weighted by Gasteiger charge is -2.43. The number of methoxy groups -OCH3 is 1. The zero-order valence-corrected chi connectivity index (χ0v) is 13.7. The van der Waals surface area contributed by atoms with Crippen LogP contribution in [0.15, 0.2) is 0 Å². The van der Waals surface area contributed by atoms with E-state index >= 15 is 0 Å². The van der Waals surface area contributed by atoms with E-state index in [0.29, 0.717) is 11.7 Å². The van der Waals surface area contributed by atoms with Gasteiger partial charge in [-0.1, -0.05) is 0 Å². The topological polar surface area (TPSA) is 44.8 Å². The average molecular weight is 314 g/mol. The standard InChI is InChI=1S/C16H26O4S/c1-18-14(17)11-15(3-4-15)12-21-13-2-7-20-16(10-13)5-8-19-9-6-16/h13H,2-12H2,1H3. The molecule has 3 rings (SSSR count). The van der Waals surface area contributed by atoms with Crippen LogP contribution in [-0.2, 0) is 19.0 Å². The van der Waals surface area contributed by atoms with Crippen LogP contribution in [0.4, 0.5) is 0 Å². The maximum Gasteiger partial charge on any atom is 0.306 e. The average Bonchev–Trinajstić information content (AvgIpc) is 3.26. The van der Waals surface area contributed by atoms with E-state index < -0.39 is 0 Å². The van der Waals surface area contributed by atoms with Crippen molar-refractivity contribution in [2.75, 3.05) is 32.7 Å².